The van der Waals surface area contributed by atoms with Crippen LogP contribution in [0.4, 0.5) is 5.00 Å². The number of thiophene rings is 1. The third-order valence-electron chi connectivity index (χ3n) is 3.68. The number of amides is 1. The molecular weight excluding hydrogens is 326 g/mol. The number of fused-ring (bicyclic) bond motifs is 1. The fourth-order valence-corrected chi connectivity index (χ4v) is 3.34. The Morgan fingerprint density at radius 1 is 1.25 bits per heavy atom. The SMILES string of the molecule is NC[C@@H](C(=O)Nc1cc2ccncc2s1)c1ccc(C(=O)O)cc1. The highest BCUT2D eigenvalue weighted by molar-refractivity contribution is 7.22. The number of carbonyl (C=O) groups excluding carboxylic acids is 1. The van der Waals surface area contributed by atoms with E-state index in [1.54, 1.807) is 24.5 Å². The molecule has 122 valence electrons. The summed E-state index contributed by atoms with van der Waals surface area (Å²) in [6.45, 7) is 0.130. The number of pyridine rings is 1. The van der Waals surface area contributed by atoms with Gasteiger partial charge in [0.2, 0.25) is 5.91 Å². The molecule has 3 rings (SSSR count). The largest absolute Gasteiger partial charge is 0.478 e. The van der Waals surface area contributed by atoms with Gasteiger partial charge in [0.25, 0.3) is 0 Å². The molecule has 0 fully saturated rings. The number of anilines is 1. The molecule has 0 aliphatic carbocycles. The third-order valence-corrected chi connectivity index (χ3v) is 4.68. The monoisotopic (exact) mass is 341 g/mol. The van der Waals surface area contributed by atoms with Crippen LogP contribution in [0.15, 0.2) is 48.8 Å². The predicted molar refractivity (Wildman–Crippen MR) is 93.4 cm³/mol. The standard InChI is InChI=1S/C17H15N3O3S/c18-8-13(10-1-3-11(4-2-10)17(22)23)16(21)20-15-7-12-5-6-19-9-14(12)24-15/h1-7,9,13H,8,18H2,(H,20,21)(H,22,23)/t13-/m1/s1. The van der Waals surface area contributed by atoms with Crippen molar-refractivity contribution < 1.29 is 14.7 Å². The number of rotatable bonds is 5. The van der Waals surface area contributed by atoms with Gasteiger partial charge in [-0.25, -0.2) is 4.79 Å². The van der Waals surface area contributed by atoms with Crippen LogP contribution in [-0.4, -0.2) is 28.5 Å². The number of aromatic nitrogens is 1. The maximum absolute atomic E-state index is 12.5. The van der Waals surface area contributed by atoms with E-state index >= 15 is 0 Å². The lowest BCUT2D eigenvalue weighted by Gasteiger charge is -2.14. The highest BCUT2D eigenvalue weighted by atomic mass is 32.1. The highest BCUT2D eigenvalue weighted by Crippen LogP contribution is 2.29. The first kappa shape index (κ1) is 16.1. The maximum Gasteiger partial charge on any atom is 0.335 e. The summed E-state index contributed by atoms with van der Waals surface area (Å²) in [5.74, 6) is -1.77. The molecule has 0 unspecified atom stereocenters. The number of aromatic carboxylic acids is 1. The van der Waals surface area contributed by atoms with E-state index in [1.807, 2.05) is 12.1 Å². The minimum Gasteiger partial charge on any atom is -0.478 e. The van der Waals surface area contributed by atoms with Crippen molar-refractivity contribution in [2.45, 2.75) is 5.92 Å². The minimum absolute atomic E-state index is 0.130. The van der Waals surface area contributed by atoms with Crippen molar-refractivity contribution in [3.63, 3.8) is 0 Å². The summed E-state index contributed by atoms with van der Waals surface area (Å²) in [7, 11) is 0. The second-order valence-electron chi connectivity index (χ2n) is 5.23. The van der Waals surface area contributed by atoms with Crippen molar-refractivity contribution in [1.82, 2.24) is 4.98 Å². The van der Waals surface area contributed by atoms with E-state index < -0.39 is 11.9 Å². The molecule has 7 heteroatoms. The van der Waals surface area contributed by atoms with Gasteiger partial charge in [-0.05, 0) is 35.2 Å². The molecule has 2 aromatic heterocycles. The first-order chi connectivity index (χ1) is 11.6. The van der Waals surface area contributed by atoms with Crippen LogP contribution in [0.1, 0.15) is 21.8 Å². The molecule has 0 saturated heterocycles. The number of nitrogens with one attached hydrogen (secondary N) is 1. The second kappa shape index (κ2) is 6.77. The number of nitrogens with two attached hydrogens (primary N) is 1. The van der Waals surface area contributed by atoms with Gasteiger partial charge in [-0.3, -0.25) is 9.78 Å². The van der Waals surface area contributed by atoms with Gasteiger partial charge in [-0.15, -0.1) is 11.3 Å². The molecule has 6 nitrogen and oxygen atoms in total. The lowest BCUT2D eigenvalue weighted by Crippen LogP contribution is -2.27. The van der Waals surface area contributed by atoms with Crippen LogP contribution in [0, 0.1) is 0 Å². The van der Waals surface area contributed by atoms with Crippen LogP contribution in [0.2, 0.25) is 0 Å². The molecule has 24 heavy (non-hydrogen) atoms. The van der Waals surface area contributed by atoms with Crippen LogP contribution in [0.25, 0.3) is 10.1 Å². The van der Waals surface area contributed by atoms with Crippen molar-refractivity contribution >= 4 is 38.3 Å². The van der Waals surface area contributed by atoms with E-state index in [1.165, 1.54) is 23.5 Å². The molecule has 1 amide bonds. The van der Waals surface area contributed by atoms with Crippen LogP contribution >= 0.6 is 11.3 Å². The molecule has 2 heterocycles. The van der Waals surface area contributed by atoms with Gasteiger partial charge in [-0.1, -0.05) is 12.1 Å². The summed E-state index contributed by atoms with van der Waals surface area (Å²) in [6, 6.07) is 9.95. The Kier molecular flexibility index (Phi) is 4.54. The summed E-state index contributed by atoms with van der Waals surface area (Å²) < 4.78 is 0.989. The van der Waals surface area contributed by atoms with E-state index in [0.29, 0.717) is 5.56 Å². The van der Waals surface area contributed by atoms with Gasteiger partial charge < -0.3 is 16.2 Å². The van der Waals surface area contributed by atoms with Gasteiger partial charge in [0, 0.05) is 18.9 Å². The fourth-order valence-electron chi connectivity index (χ4n) is 2.41. The summed E-state index contributed by atoms with van der Waals surface area (Å²) in [6.07, 6.45) is 3.45. The van der Waals surface area contributed by atoms with E-state index in [-0.39, 0.29) is 18.0 Å². The molecule has 4 N–H and O–H groups in total. The van der Waals surface area contributed by atoms with Crippen molar-refractivity contribution in [2.75, 3.05) is 11.9 Å². The van der Waals surface area contributed by atoms with E-state index in [9.17, 15) is 9.59 Å². The summed E-state index contributed by atoms with van der Waals surface area (Å²) in [5.41, 5.74) is 6.60. The van der Waals surface area contributed by atoms with Crippen molar-refractivity contribution in [2.24, 2.45) is 5.73 Å². The predicted octanol–water partition coefficient (Wildman–Crippen LogP) is 2.68. The van der Waals surface area contributed by atoms with Crippen LogP contribution < -0.4 is 11.1 Å². The smallest absolute Gasteiger partial charge is 0.335 e. The van der Waals surface area contributed by atoms with Crippen molar-refractivity contribution in [1.29, 1.82) is 0 Å². The zero-order chi connectivity index (χ0) is 17.1. The summed E-state index contributed by atoms with van der Waals surface area (Å²) >= 11 is 1.44. The Balaban J connectivity index is 1.79. The van der Waals surface area contributed by atoms with Crippen LogP contribution in [0.3, 0.4) is 0 Å². The van der Waals surface area contributed by atoms with Gasteiger partial charge in [-0.2, -0.15) is 0 Å². The molecular formula is C17H15N3O3S. The number of carboxylic acid groups (broad SMARTS) is 1. The maximum atomic E-state index is 12.5. The fraction of sp³-hybridized carbons (Fsp3) is 0.118. The molecule has 0 bridgehead atoms. The van der Waals surface area contributed by atoms with Crippen molar-refractivity contribution in [3.8, 4) is 0 Å². The zero-order valence-electron chi connectivity index (χ0n) is 12.6. The van der Waals surface area contributed by atoms with Crippen LogP contribution in [-0.2, 0) is 4.79 Å². The number of hydrogen-bond acceptors (Lipinski definition) is 5. The topological polar surface area (TPSA) is 105 Å². The molecule has 0 aliphatic rings. The Labute approximate surface area is 141 Å². The van der Waals surface area contributed by atoms with Gasteiger partial charge in [0.05, 0.1) is 21.2 Å². The Bertz CT molecular complexity index is 856. The molecule has 0 saturated carbocycles. The lowest BCUT2D eigenvalue weighted by molar-refractivity contribution is -0.117. The molecule has 1 atom stereocenters. The zero-order valence-corrected chi connectivity index (χ0v) is 13.4. The van der Waals surface area contributed by atoms with E-state index in [2.05, 4.69) is 10.3 Å². The van der Waals surface area contributed by atoms with Crippen LogP contribution in [0.5, 0.6) is 0 Å². The Hall–Kier alpha value is -2.77. The first-order valence-electron chi connectivity index (χ1n) is 7.26. The quantitative estimate of drug-likeness (QED) is 0.662. The Morgan fingerprint density at radius 2 is 2.00 bits per heavy atom. The highest BCUT2D eigenvalue weighted by Gasteiger charge is 2.20. The number of nitrogens with zero attached hydrogens (tertiary/aromatic N) is 1. The third kappa shape index (κ3) is 3.27. The first-order valence-corrected chi connectivity index (χ1v) is 8.08. The van der Waals surface area contributed by atoms with Gasteiger partial charge >= 0.3 is 5.97 Å². The van der Waals surface area contributed by atoms with E-state index in [4.69, 9.17) is 10.8 Å². The summed E-state index contributed by atoms with van der Waals surface area (Å²) in [4.78, 5) is 27.5. The van der Waals surface area contributed by atoms with Gasteiger partial charge in [0.1, 0.15) is 0 Å². The molecule has 1 aromatic carbocycles. The van der Waals surface area contributed by atoms with Gasteiger partial charge in [0.15, 0.2) is 0 Å². The lowest BCUT2D eigenvalue weighted by atomic mass is 9.97. The molecule has 3 aromatic rings. The number of hydrogen-bond donors (Lipinski definition) is 3. The van der Waals surface area contributed by atoms with Crippen molar-refractivity contribution in [3.05, 3.63) is 59.9 Å². The minimum atomic E-state index is -1.01. The number of carboxylic acids is 1. The van der Waals surface area contributed by atoms with E-state index in [0.717, 1.165) is 15.1 Å². The molecule has 0 radical (unpaired) electrons. The average molecular weight is 341 g/mol. The summed E-state index contributed by atoms with van der Waals surface area (Å²) in [5, 5.41) is 13.6. The molecule has 0 spiro atoms. The number of carbonyl (C=O) groups is 2. The normalized spacial score (nSPS) is 12.0. The molecule has 0 aliphatic heterocycles. The number of benzene rings is 1. The second-order valence-corrected chi connectivity index (χ2v) is 6.31. The average Bonchev–Trinajstić information content (AvgIpc) is 2.98. The Morgan fingerprint density at radius 3 is 2.62 bits per heavy atom.